The molecule has 1 heterocycles. The van der Waals surface area contributed by atoms with Gasteiger partial charge in [-0.1, -0.05) is 44.2 Å². The molecule has 0 aromatic heterocycles. The van der Waals surface area contributed by atoms with Crippen LogP contribution in [0.5, 0.6) is 0 Å². The summed E-state index contributed by atoms with van der Waals surface area (Å²) in [4.78, 5) is 37.8. The summed E-state index contributed by atoms with van der Waals surface area (Å²) < 4.78 is 0. The molecular weight excluding hydrogens is 346 g/mol. The van der Waals surface area contributed by atoms with Crippen molar-refractivity contribution in [3.63, 3.8) is 0 Å². The Morgan fingerprint density at radius 1 is 1.22 bits per heavy atom. The molecule has 0 fully saturated rings. The molecule has 3 N–H and O–H groups in total. The number of benzene rings is 1. The Labute approximate surface area is 158 Å². The van der Waals surface area contributed by atoms with E-state index in [0.29, 0.717) is 0 Å². The zero-order chi connectivity index (χ0) is 20.0. The fourth-order valence-electron chi connectivity index (χ4n) is 2.52. The lowest BCUT2D eigenvalue weighted by atomic mass is 10.0. The summed E-state index contributed by atoms with van der Waals surface area (Å²) in [7, 11) is 1.61. The number of aliphatic hydroxyl groups is 1. The van der Waals surface area contributed by atoms with E-state index < -0.39 is 24.0 Å². The third-order valence-electron chi connectivity index (χ3n) is 4.18. The summed E-state index contributed by atoms with van der Waals surface area (Å²) in [5, 5.41) is 14.7. The Morgan fingerprint density at radius 3 is 2.52 bits per heavy atom. The number of carbonyl (C=O) groups is 3. The summed E-state index contributed by atoms with van der Waals surface area (Å²) in [6.07, 6.45) is 3.95. The Kier molecular flexibility index (Phi) is 6.90. The average molecular weight is 371 g/mol. The van der Waals surface area contributed by atoms with E-state index in [-0.39, 0.29) is 18.4 Å². The Morgan fingerprint density at radius 2 is 1.89 bits per heavy atom. The highest BCUT2D eigenvalue weighted by molar-refractivity contribution is 5.95. The lowest BCUT2D eigenvalue weighted by Gasteiger charge is -2.19. The number of rotatable bonds is 6. The van der Waals surface area contributed by atoms with Gasteiger partial charge in [-0.2, -0.15) is 0 Å². The molecule has 2 rings (SSSR count). The normalized spacial score (nSPS) is 18.0. The van der Waals surface area contributed by atoms with E-state index in [9.17, 15) is 19.5 Å². The molecule has 0 spiro atoms. The van der Waals surface area contributed by atoms with Crippen molar-refractivity contribution in [1.29, 1.82) is 0 Å². The zero-order valence-electron chi connectivity index (χ0n) is 15.7. The Bertz CT molecular complexity index is 756. The maximum Gasteiger partial charge on any atom is 0.252 e. The third kappa shape index (κ3) is 5.52. The first-order valence-electron chi connectivity index (χ1n) is 8.77. The standard InChI is InChI=1S/C20H25N3O4/c1-13(2)18(25)19(26)21-12-17(24)22-16-11-15(9-10-23(3)20(16)27)14-7-5-4-6-8-14/h4-11,13,16,18,25H,12H2,1-3H3,(H,21,26)(H,22,24). The molecule has 2 unspecified atom stereocenters. The van der Waals surface area contributed by atoms with Crippen LogP contribution in [-0.4, -0.2) is 53.5 Å². The first-order chi connectivity index (χ1) is 12.8. The molecule has 1 aromatic carbocycles. The van der Waals surface area contributed by atoms with Crippen LogP contribution in [0.3, 0.4) is 0 Å². The van der Waals surface area contributed by atoms with Crippen molar-refractivity contribution in [1.82, 2.24) is 15.5 Å². The summed E-state index contributed by atoms with van der Waals surface area (Å²) in [6, 6.07) is 8.65. The fraction of sp³-hybridized carbons (Fsp3) is 0.350. The molecule has 0 bridgehead atoms. The molecule has 0 aliphatic carbocycles. The molecule has 0 radical (unpaired) electrons. The van der Waals surface area contributed by atoms with Crippen LogP contribution in [0.25, 0.3) is 5.57 Å². The van der Waals surface area contributed by atoms with Gasteiger partial charge in [-0.3, -0.25) is 14.4 Å². The molecule has 7 heteroatoms. The lowest BCUT2D eigenvalue weighted by Crippen LogP contribution is -2.49. The highest BCUT2D eigenvalue weighted by atomic mass is 16.3. The highest BCUT2D eigenvalue weighted by Crippen LogP contribution is 2.19. The SMILES string of the molecule is CC(C)C(O)C(=O)NCC(=O)NC1C=C(c2ccccc2)C=CN(C)C1=O. The van der Waals surface area contributed by atoms with Crippen molar-refractivity contribution in [2.75, 3.05) is 13.6 Å². The van der Waals surface area contributed by atoms with Gasteiger partial charge in [0.15, 0.2) is 0 Å². The number of nitrogens with one attached hydrogen (secondary N) is 2. The second-order valence-electron chi connectivity index (χ2n) is 6.70. The predicted molar refractivity (Wildman–Crippen MR) is 102 cm³/mol. The van der Waals surface area contributed by atoms with Crippen LogP contribution in [-0.2, 0) is 14.4 Å². The van der Waals surface area contributed by atoms with Gasteiger partial charge in [-0.15, -0.1) is 0 Å². The summed E-state index contributed by atoms with van der Waals surface area (Å²) in [5.74, 6) is -1.69. The van der Waals surface area contributed by atoms with E-state index in [2.05, 4.69) is 10.6 Å². The number of amides is 3. The van der Waals surface area contributed by atoms with Crippen LogP contribution in [0.15, 0.2) is 48.7 Å². The molecule has 1 aliphatic heterocycles. The molecule has 7 nitrogen and oxygen atoms in total. The summed E-state index contributed by atoms with van der Waals surface area (Å²) in [5.41, 5.74) is 1.72. The van der Waals surface area contributed by atoms with E-state index in [1.54, 1.807) is 39.2 Å². The van der Waals surface area contributed by atoms with Crippen molar-refractivity contribution < 1.29 is 19.5 Å². The Balaban J connectivity index is 2.07. The minimum atomic E-state index is -1.18. The second-order valence-corrected chi connectivity index (χ2v) is 6.70. The van der Waals surface area contributed by atoms with E-state index in [0.717, 1.165) is 11.1 Å². The highest BCUT2D eigenvalue weighted by Gasteiger charge is 2.25. The number of hydrogen-bond acceptors (Lipinski definition) is 4. The maximum absolute atomic E-state index is 12.5. The van der Waals surface area contributed by atoms with E-state index in [1.807, 2.05) is 30.3 Å². The van der Waals surface area contributed by atoms with Gasteiger partial charge in [0.25, 0.3) is 5.91 Å². The van der Waals surface area contributed by atoms with Gasteiger partial charge in [-0.25, -0.2) is 0 Å². The van der Waals surface area contributed by atoms with Crippen LogP contribution in [0.2, 0.25) is 0 Å². The molecule has 0 saturated carbocycles. The van der Waals surface area contributed by atoms with Gasteiger partial charge in [0.1, 0.15) is 12.1 Å². The molecule has 144 valence electrons. The number of likely N-dealkylation sites (N-methyl/N-ethyl adjacent to an activating group) is 1. The van der Waals surface area contributed by atoms with Crippen LogP contribution in [0.1, 0.15) is 19.4 Å². The minimum Gasteiger partial charge on any atom is -0.383 e. The van der Waals surface area contributed by atoms with E-state index >= 15 is 0 Å². The number of hydrogen-bond donors (Lipinski definition) is 3. The van der Waals surface area contributed by atoms with Crippen molar-refractivity contribution in [3.05, 3.63) is 54.2 Å². The monoisotopic (exact) mass is 371 g/mol. The van der Waals surface area contributed by atoms with Crippen LogP contribution < -0.4 is 10.6 Å². The number of aliphatic hydroxyl groups excluding tert-OH is 1. The number of allylic oxidation sites excluding steroid dienone is 2. The van der Waals surface area contributed by atoms with Gasteiger partial charge in [0.2, 0.25) is 11.8 Å². The number of nitrogens with zero attached hydrogens (tertiary/aromatic N) is 1. The number of carbonyl (C=O) groups excluding carboxylic acids is 3. The van der Waals surface area contributed by atoms with Crippen molar-refractivity contribution in [2.24, 2.45) is 5.92 Å². The molecule has 1 aliphatic rings. The van der Waals surface area contributed by atoms with Crippen molar-refractivity contribution in [2.45, 2.75) is 26.0 Å². The second kappa shape index (κ2) is 9.14. The van der Waals surface area contributed by atoms with E-state index in [1.165, 1.54) is 4.90 Å². The third-order valence-corrected chi connectivity index (χ3v) is 4.18. The largest absolute Gasteiger partial charge is 0.383 e. The summed E-state index contributed by atoms with van der Waals surface area (Å²) >= 11 is 0. The quantitative estimate of drug-likeness (QED) is 0.685. The molecule has 0 saturated heterocycles. The van der Waals surface area contributed by atoms with Crippen molar-refractivity contribution in [3.8, 4) is 0 Å². The smallest absolute Gasteiger partial charge is 0.252 e. The molecule has 1 aromatic rings. The van der Waals surface area contributed by atoms with Gasteiger partial charge in [0, 0.05) is 13.2 Å². The summed E-state index contributed by atoms with van der Waals surface area (Å²) in [6.45, 7) is 3.08. The van der Waals surface area contributed by atoms with Gasteiger partial charge >= 0.3 is 0 Å². The first kappa shape index (κ1) is 20.4. The Hall–Kier alpha value is -2.93. The van der Waals surface area contributed by atoms with E-state index in [4.69, 9.17) is 0 Å². The maximum atomic E-state index is 12.5. The topological polar surface area (TPSA) is 98.7 Å². The first-order valence-corrected chi connectivity index (χ1v) is 8.77. The van der Waals surface area contributed by atoms with Crippen molar-refractivity contribution >= 4 is 23.3 Å². The predicted octanol–water partition coefficient (Wildman–Crippen LogP) is 0.674. The van der Waals surface area contributed by atoms with Gasteiger partial charge < -0.3 is 20.6 Å². The van der Waals surface area contributed by atoms with Gasteiger partial charge in [0.05, 0.1) is 6.54 Å². The molecule has 3 amide bonds. The van der Waals surface area contributed by atoms with Crippen LogP contribution in [0, 0.1) is 5.92 Å². The fourth-order valence-corrected chi connectivity index (χ4v) is 2.52. The van der Waals surface area contributed by atoms with Gasteiger partial charge in [-0.05, 0) is 29.2 Å². The van der Waals surface area contributed by atoms with Crippen LogP contribution in [0.4, 0.5) is 0 Å². The minimum absolute atomic E-state index is 0.257. The average Bonchev–Trinajstić information content (AvgIpc) is 2.80. The zero-order valence-corrected chi connectivity index (χ0v) is 15.7. The van der Waals surface area contributed by atoms with Crippen LogP contribution >= 0.6 is 0 Å². The molecular formula is C20H25N3O4. The molecule has 2 atom stereocenters. The molecule has 27 heavy (non-hydrogen) atoms. The lowest BCUT2D eigenvalue weighted by molar-refractivity contribution is -0.134.